The Hall–Kier alpha value is -0.900. The van der Waals surface area contributed by atoms with Crippen LogP contribution in [0, 0.1) is 5.92 Å². The van der Waals surface area contributed by atoms with Crippen molar-refractivity contribution in [3.63, 3.8) is 0 Å². The van der Waals surface area contributed by atoms with E-state index in [1.54, 1.807) is 0 Å². The second kappa shape index (κ2) is 9.92. The zero-order chi connectivity index (χ0) is 14.3. The van der Waals surface area contributed by atoms with Crippen molar-refractivity contribution in [3.05, 3.63) is 35.9 Å². The fourth-order valence-corrected chi connectivity index (χ4v) is 2.15. The number of carbonyl (C=O) groups excluding carboxylic acids is 1. The van der Waals surface area contributed by atoms with E-state index >= 15 is 0 Å². The quantitative estimate of drug-likeness (QED) is 0.626. The number of halogens is 1. The third-order valence-corrected chi connectivity index (χ3v) is 3.24. The number of hydrogen-bond donors (Lipinski definition) is 2. The van der Waals surface area contributed by atoms with Gasteiger partial charge in [0.2, 0.25) is 0 Å². The van der Waals surface area contributed by atoms with Crippen molar-refractivity contribution in [3.8, 4) is 0 Å². The Balaban J connectivity index is 0.00000361. The molecule has 1 aromatic rings. The summed E-state index contributed by atoms with van der Waals surface area (Å²) in [6, 6.07) is 9.72. The molecule has 1 aromatic carbocycles. The highest BCUT2D eigenvalue weighted by Gasteiger charge is 2.19. The molecular weight excluding hydrogens is 274 g/mol. The number of carbonyl (C=O) groups is 1. The number of Topliss-reactive ketones (excluding diaryl/α,β-unsaturated/α-hetero) is 1. The van der Waals surface area contributed by atoms with Crippen molar-refractivity contribution in [2.24, 2.45) is 5.92 Å². The minimum atomic E-state index is -0.485. The zero-order valence-electron chi connectivity index (χ0n) is 12.6. The van der Waals surface area contributed by atoms with Gasteiger partial charge in [-0.3, -0.25) is 4.79 Å². The summed E-state index contributed by atoms with van der Waals surface area (Å²) < 4.78 is 0. The van der Waals surface area contributed by atoms with E-state index in [9.17, 15) is 9.90 Å². The molecule has 4 heteroatoms. The van der Waals surface area contributed by atoms with Crippen LogP contribution in [0.5, 0.6) is 0 Å². The van der Waals surface area contributed by atoms with Crippen molar-refractivity contribution < 1.29 is 27.6 Å². The molecule has 3 N–H and O–H groups in total. The highest BCUT2D eigenvalue weighted by molar-refractivity contribution is 5.78. The Morgan fingerprint density at radius 1 is 1.20 bits per heavy atom. The molecule has 2 unspecified atom stereocenters. The van der Waals surface area contributed by atoms with E-state index in [4.69, 9.17) is 0 Å². The lowest BCUT2D eigenvalue weighted by atomic mass is 10.0. The Morgan fingerprint density at radius 2 is 1.80 bits per heavy atom. The van der Waals surface area contributed by atoms with Crippen LogP contribution in [0.25, 0.3) is 0 Å². The van der Waals surface area contributed by atoms with Gasteiger partial charge in [-0.15, -0.1) is 0 Å². The number of nitrogens with two attached hydrogens (primary N) is 1. The Bertz CT molecular complexity index is 381. The molecule has 114 valence electrons. The number of quaternary nitrogens is 1. The van der Waals surface area contributed by atoms with Crippen LogP contribution in [-0.4, -0.2) is 23.5 Å². The molecule has 0 aliphatic carbocycles. The van der Waals surface area contributed by atoms with Gasteiger partial charge in [-0.2, -0.15) is 0 Å². The van der Waals surface area contributed by atoms with Gasteiger partial charge in [0.25, 0.3) is 0 Å². The maximum Gasteiger partial charge on any atom is 0.138 e. The van der Waals surface area contributed by atoms with Gasteiger partial charge in [0.1, 0.15) is 17.9 Å². The number of rotatable bonds is 8. The second-order valence-corrected chi connectivity index (χ2v) is 5.63. The summed E-state index contributed by atoms with van der Waals surface area (Å²) in [4.78, 5) is 11.6. The largest absolute Gasteiger partial charge is 1.00 e. The molecule has 1 rings (SSSR count). The van der Waals surface area contributed by atoms with Crippen LogP contribution in [0.3, 0.4) is 0 Å². The second-order valence-electron chi connectivity index (χ2n) is 5.63. The third-order valence-electron chi connectivity index (χ3n) is 3.24. The van der Waals surface area contributed by atoms with Gasteiger partial charge in [0.15, 0.2) is 0 Å². The summed E-state index contributed by atoms with van der Waals surface area (Å²) >= 11 is 0. The molecule has 0 amide bonds. The van der Waals surface area contributed by atoms with Crippen LogP contribution in [0.2, 0.25) is 0 Å². The first-order valence-electron chi connectivity index (χ1n) is 7.08. The maximum atomic E-state index is 11.6. The number of hydrogen-bond acceptors (Lipinski definition) is 2. The molecule has 0 aliphatic rings. The van der Waals surface area contributed by atoms with Crippen molar-refractivity contribution in [1.29, 1.82) is 0 Å². The van der Waals surface area contributed by atoms with E-state index in [2.05, 4.69) is 19.2 Å². The number of aliphatic hydroxyl groups excluding tert-OH is 1. The SMILES string of the molecule is CC(C)CC(=O)CC[NH2+]C(C)C(O)c1ccccc1.[Cl-]. The van der Waals surface area contributed by atoms with Crippen LogP contribution in [-0.2, 0) is 4.79 Å². The Labute approximate surface area is 128 Å². The fourth-order valence-electron chi connectivity index (χ4n) is 2.15. The highest BCUT2D eigenvalue weighted by atomic mass is 35.5. The first kappa shape index (κ1) is 19.1. The third kappa shape index (κ3) is 7.04. The van der Waals surface area contributed by atoms with Gasteiger partial charge in [-0.1, -0.05) is 44.2 Å². The lowest BCUT2D eigenvalue weighted by molar-refractivity contribution is -0.693. The molecule has 2 atom stereocenters. The van der Waals surface area contributed by atoms with Crippen LogP contribution in [0.4, 0.5) is 0 Å². The predicted octanol–water partition coefficient (Wildman–Crippen LogP) is -1.32. The maximum absolute atomic E-state index is 11.6. The first-order chi connectivity index (χ1) is 9.00. The van der Waals surface area contributed by atoms with Crippen LogP contribution in [0.1, 0.15) is 45.3 Å². The van der Waals surface area contributed by atoms with Crippen LogP contribution < -0.4 is 17.7 Å². The van der Waals surface area contributed by atoms with E-state index in [-0.39, 0.29) is 18.4 Å². The van der Waals surface area contributed by atoms with Crippen molar-refractivity contribution in [2.45, 2.75) is 45.8 Å². The van der Waals surface area contributed by atoms with E-state index in [1.807, 2.05) is 37.3 Å². The fraction of sp³-hybridized carbons (Fsp3) is 0.562. The van der Waals surface area contributed by atoms with Gasteiger partial charge >= 0.3 is 0 Å². The Kier molecular flexibility index (Phi) is 9.47. The molecule has 0 aliphatic heterocycles. The van der Waals surface area contributed by atoms with Gasteiger partial charge < -0.3 is 22.8 Å². The summed E-state index contributed by atoms with van der Waals surface area (Å²) in [5.74, 6) is 0.743. The minimum absolute atomic E-state index is 0. The Morgan fingerprint density at radius 3 is 2.35 bits per heavy atom. The van der Waals surface area contributed by atoms with Crippen molar-refractivity contribution >= 4 is 5.78 Å². The molecule has 3 nitrogen and oxygen atoms in total. The van der Waals surface area contributed by atoms with E-state index in [0.717, 1.165) is 12.1 Å². The normalized spacial score (nSPS) is 13.7. The van der Waals surface area contributed by atoms with E-state index < -0.39 is 6.10 Å². The highest BCUT2D eigenvalue weighted by Crippen LogP contribution is 2.13. The molecule has 0 aromatic heterocycles. The number of aliphatic hydroxyl groups is 1. The standard InChI is InChI=1S/C16H25NO2.ClH/c1-12(2)11-15(18)9-10-17-13(3)16(19)14-7-5-4-6-8-14;/h4-8,12-13,16-17,19H,9-11H2,1-3H3;1H. The van der Waals surface area contributed by atoms with E-state index in [1.165, 1.54) is 0 Å². The van der Waals surface area contributed by atoms with Gasteiger partial charge in [0.05, 0.1) is 13.0 Å². The first-order valence-corrected chi connectivity index (χ1v) is 7.08. The molecule has 0 saturated carbocycles. The zero-order valence-corrected chi connectivity index (χ0v) is 13.3. The minimum Gasteiger partial charge on any atom is -1.00 e. The summed E-state index contributed by atoms with van der Waals surface area (Å²) in [7, 11) is 0. The molecule has 0 fully saturated rings. The average Bonchev–Trinajstić information content (AvgIpc) is 2.37. The smallest absolute Gasteiger partial charge is 0.138 e. The molecule has 0 spiro atoms. The molecule has 0 radical (unpaired) electrons. The summed E-state index contributed by atoms with van der Waals surface area (Å²) in [6.07, 6.45) is 0.759. The van der Waals surface area contributed by atoms with Gasteiger partial charge in [0, 0.05) is 6.42 Å². The lowest BCUT2D eigenvalue weighted by Gasteiger charge is -2.17. The average molecular weight is 300 g/mol. The van der Waals surface area contributed by atoms with Crippen molar-refractivity contribution in [1.82, 2.24) is 0 Å². The van der Waals surface area contributed by atoms with Crippen molar-refractivity contribution in [2.75, 3.05) is 6.54 Å². The topological polar surface area (TPSA) is 53.9 Å². The summed E-state index contributed by atoms with van der Waals surface area (Å²) in [5.41, 5.74) is 0.930. The van der Waals surface area contributed by atoms with Crippen LogP contribution in [0.15, 0.2) is 30.3 Å². The molecule has 20 heavy (non-hydrogen) atoms. The molecule has 0 heterocycles. The van der Waals surface area contributed by atoms with Gasteiger partial charge in [-0.05, 0) is 18.4 Å². The molecular formula is C16H26ClNO2. The summed E-state index contributed by atoms with van der Waals surface area (Å²) in [6.45, 7) is 6.86. The monoisotopic (exact) mass is 299 g/mol. The molecule has 0 bridgehead atoms. The van der Waals surface area contributed by atoms with Gasteiger partial charge in [-0.25, -0.2) is 0 Å². The number of benzene rings is 1. The number of ketones is 1. The van der Waals surface area contributed by atoms with E-state index in [0.29, 0.717) is 24.5 Å². The summed E-state index contributed by atoms with van der Waals surface area (Å²) in [5, 5.41) is 12.2. The molecule has 0 saturated heterocycles. The predicted molar refractivity (Wildman–Crippen MR) is 76.7 cm³/mol. The lowest BCUT2D eigenvalue weighted by Crippen LogP contribution is -3.00. The van der Waals surface area contributed by atoms with Crippen LogP contribution >= 0.6 is 0 Å².